The van der Waals surface area contributed by atoms with Crippen LogP contribution in [-0.4, -0.2) is 57.4 Å². The molecule has 0 atom stereocenters. The van der Waals surface area contributed by atoms with Gasteiger partial charge in [0.05, 0.1) is 13.2 Å². The van der Waals surface area contributed by atoms with E-state index in [1.807, 2.05) is 24.8 Å². The predicted octanol–water partition coefficient (Wildman–Crippen LogP) is 0.513. The van der Waals surface area contributed by atoms with Crippen molar-refractivity contribution >= 4 is 5.91 Å². The van der Waals surface area contributed by atoms with Crippen molar-refractivity contribution in [2.75, 3.05) is 40.5 Å². The van der Waals surface area contributed by atoms with Crippen LogP contribution in [0, 0.1) is 11.3 Å². The number of nitrogens with zero attached hydrogens (tertiary/aromatic N) is 2. The second-order valence-electron chi connectivity index (χ2n) is 4.30. The van der Waals surface area contributed by atoms with Gasteiger partial charge in [-0.3, -0.25) is 4.79 Å². The molecule has 19 heavy (non-hydrogen) atoms. The van der Waals surface area contributed by atoms with Crippen molar-refractivity contribution in [2.45, 2.75) is 19.9 Å². The second kappa shape index (κ2) is 10.4. The Labute approximate surface area is 115 Å². The first-order valence-corrected chi connectivity index (χ1v) is 6.19. The molecule has 0 spiro atoms. The minimum absolute atomic E-state index is 0.00403. The number of nitriles is 1. The Morgan fingerprint density at radius 2 is 1.84 bits per heavy atom. The number of carbonyl (C=O) groups is 1. The topological polar surface area (TPSA) is 74.6 Å². The molecular formula is C13H23N3O3. The molecule has 6 nitrogen and oxygen atoms in total. The molecule has 108 valence electrons. The molecule has 0 aromatic carbocycles. The van der Waals surface area contributed by atoms with E-state index < -0.39 is 0 Å². The molecule has 1 N–H and O–H groups in total. The molecule has 0 aliphatic carbocycles. The normalized spacial score (nSPS) is 11.3. The van der Waals surface area contributed by atoms with Gasteiger partial charge in [0.2, 0.25) is 0 Å². The maximum atomic E-state index is 11.8. The third-order valence-corrected chi connectivity index (χ3v) is 2.26. The smallest absolute Gasteiger partial charge is 0.263 e. The number of hydrogen-bond acceptors (Lipinski definition) is 5. The van der Waals surface area contributed by atoms with Crippen molar-refractivity contribution in [1.82, 2.24) is 10.2 Å². The van der Waals surface area contributed by atoms with E-state index in [0.29, 0.717) is 26.3 Å². The van der Waals surface area contributed by atoms with Gasteiger partial charge < -0.3 is 19.7 Å². The zero-order chi connectivity index (χ0) is 14.7. The molecule has 0 aliphatic rings. The highest BCUT2D eigenvalue weighted by Gasteiger charge is 2.12. The molecule has 0 aromatic rings. The molecule has 0 aliphatic heterocycles. The van der Waals surface area contributed by atoms with Gasteiger partial charge in [0.15, 0.2) is 0 Å². The summed E-state index contributed by atoms with van der Waals surface area (Å²) < 4.78 is 9.99. The molecule has 0 saturated carbocycles. The summed E-state index contributed by atoms with van der Waals surface area (Å²) in [4.78, 5) is 13.6. The summed E-state index contributed by atoms with van der Waals surface area (Å²) in [5.74, 6) is -0.364. The highest BCUT2D eigenvalue weighted by molar-refractivity contribution is 5.97. The van der Waals surface area contributed by atoms with Crippen LogP contribution in [0.15, 0.2) is 11.8 Å². The number of methoxy groups -OCH3 is 2. The van der Waals surface area contributed by atoms with Gasteiger partial charge in [0.1, 0.15) is 11.6 Å². The van der Waals surface area contributed by atoms with Gasteiger partial charge in [-0.25, -0.2) is 0 Å². The Bertz CT molecular complexity index is 327. The first-order chi connectivity index (χ1) is 9.04. The van der Waals surface area contributed by atoms with Crippen LogP contribution in [0.5, 0.6) is 0 Å². The van der Waals surface area contributed by atoms with Crippen LogP contribution in [0.1, 0.15) is 13.8 Å². The molecule has 6 heteroatoms. The summed E-state index contributed by atoms with van der Waals surface area (Å²) in [5, 5.41) is 11.7. The summed E-state index contributed by atoms with van der Waals surface area (Å²) in [7, 11) is 3.21. The molecule has 1 amide bonds. The van der Waals surface area contributed by atoms with Crippen LogP contribution in [0.4, 0.5) is 0 Å². The van der Waals surface area contributed by atoms with E-state index >= 15 is 0 Å². The largest absolute Gasteiger partial charge is 0.383 e. The Morgan fingerprint density at radius 3 is 2.21 bits per heavy atom. The molecule has 0 unspecified atom stereocenters. The summed E-state index contributed by atoms with van der Waals surface area (Å²) in [5.41, 5.74) is 0.0842. The third kappa shape index (κ3) is 8.19. The number of rotatable bonds is 9. The van der Waals surface area contributed by atoms with Gasteiger partial charge in [0.25, 0.3) is 5.91 Å². The Morgan fingerprint density at radius 1 is 1.32 bits per heavy atom. The molecule has 0 bridgehead atoms. The zero-order valence-corrected chi connectivity index (χ0v) is 12.1. The molecular weight excluding hydrogens is 246 g/mol. The minimum Gasteiger partial charge on any atom is -0.383 e. The van der Waals surface area contributed by atoms with Crippen LogP contribution >= 0.6 is 0 Å². The summed E-state index contributed by atoms with van der Waals surface area (Å²) in [6.07, 6.45) is 1.55. The van der Waals surface area contributed by atoms with Crippen molar-refractivity contribution in [2.24, 2.45) is 0 Å². The summed E-state index contributed by atoms with van der Waals surface area (Å²) >= 11 is 0. The van der Waals surface area contributed by atoms with E-state index in [1.165, 1.54) is 0 Å². The van der Waals surface area contributed by atoms with Crippen LogP contribution < -0.4 is 5.32 Å². The lowest BCUT2D eigenvalue weighted by atomic mass is 10.2. The fraction of sp³-hybridized carbons (Fsp3) is 0.692. The number of nitrogens with one attached hydrogen (secondary N) is 1. The van der Waals surface area contributed by atoms with Gasteiger partial charge in [-0.05, 0) is 13.8 Å². The van der Waals surface area contributed by atoms with Crippen LogP contribution in [0.2, 0.25) is 0 Å². The zero-order valence-electron chi connectivity index (χ0n) is 12.1. The summed E-state index contributed by atoms with van der Waals surface area (Å²) in [6.45, 7) is 5.93. The minimum atomic E-state index is -0.364. The third-order valence-electron chi connectivity index (χ3n) is 2.26. The van der Waals surface area contributed by atoms with Crippen molar-refractivity contribution in [1.29, 1.82) is 5.26 Å². The van der Waals surface area contributed by atoms with Crippen molar-refractivity contribution in [3.63, 3.8) is 0 Å². The highest BCUT2D eigenvalue weighted by atomic mass is 16.5. The van der Waals surface area contributed by atoms with E-state index in [-0.39, 0.29) is 17.5 Å². The van der Waals surface area contributed by atoms with Gasteiger partial charge in [0, 0.05) is 39.6 Å². The monoisotopic (exact) mass is 269 g/mol. The fourth-order valence-electron chi connectivity index (χ4n) is 1.32. The number of ether oxygens (including phenoxy) is 2. The van der Waals surface area contributed by atoms with E-state index in [9.17, 15) is 4.79 Å². The van der Waals surface area contributed by atoms with Crippen molar-refractivity contribution < 1.29 is 14.3 Å². The van der Waals surface area contributed by atoms with Gasteiger partial charge in [-0.2, -0.15) is 5.26 Å². The van der Waals surface area contributed by atoms with Crippen LogP contribution in [-0.2, 0) is 14.3 Å². The molecule has 0 heterocycles. The van der Waals surface area contributed by atoms with E-state index in [1.54, 1.807) is 20.4 Å². The lowest BCUT2D eigenvalue weighted by Crippen LogP contribution is -2.33. The number of amides is 1. The van der Waals surface area contributed by atoms with Crippen molar-refractivity contribution in [3.05, 3.63) is 11.8 Å². The van der Waals surface area contributed by atoms with Crippen molar-refractivity contribution in [3.8, 4) is 6.07 Å². The molecule has 0 radical (unpaired) electrons. The maximum Gasteiger partial charge on any atom is 0.263 e. The first kappa shape index (κ1) is 17.4. The summed E-state index contributed by atoms with van der Waals surface area (Å²) in [6, 6.07) is 1.91. The lowest BCUT2D eigenvalue weighted by molar-refractivity contribution is -0.117. The quantitative estimate of drug-likeness (QED) is 0.488. The fourth-order valence-corrected chi connectivity index (χ4v) is 1.32. The molecule has 0 rings (SSSR count). The van der Waals surface area contributed by atoms with Gasteiger partial charge >= 0.3 is 0 Å². The molecule has 0 aromatic heterocycles. The maximum absolute atomic E-state index is 11.8. The predicted molar refractivity (Wildman–Crippen MR) is 72.3 cm³/mol. The second-order valence-corrected chi connectivity index (χ2v) is 4.30. The standard InChI is InChI=1S/C13H23N3O3/c1-11(2)15-13(17)12(9-14)10-16(5-7-18-3)6-8-19-4/h10-11H,5-8H2,1-4H3,(H,15,17)/b12-10-. The van der Waals surface area contributed by atoms with E-state index in [2.05, 4.69) is 5.32 Å². The average Bonchev–Trinajstić information content (AvgIpc) is 2.37. The Balaban J connectivity index is 4.72. The van der Waals surface area contributed by atoms with E-state index in [4.69, 9.17) is 14.7 Å². The number of carbonyl (C=O) groups excluding carboxylic acids is 1. The Kier molecular flexibility index (Phi) is 9.49. The SMILES string of the molecule is COCCN(/C=C(/C#N)C(=O)NC(C)C)CCOC. The highest BCUT2D eigenvalue weighted by Crippen LogP contribution is 1.99. The van der Waals surface area contributed by atoms with Gasteiger partial charge in [-0.15, -0.1) is 0 Å². The molecule has 0 fully saturated rings. The Hall–Kier alpha value is -1.58. The van der Waals surface area contributed by atoms with Crippen LogP contribution in [0.25, 0.3) is 0 Å². The molecule has 0 saturated heterocycles. The first-order valence-electron chi connectivity index (χ1n) is 6.19. The number of hydrogen-bond donors (Lipinski definition) is 1. The van der Waals surface area contributed by atoms with Gasteiger partial charge in [-0.1, -0.05) is 0 Å². The lowest BCUT2D eigenvalue weighted by Gasteiger charge is -2.20. The van der Waals surface area contributed by atoms with Crippen LogP contribution in [0.3, 0.4) is 0 Å². The average molecular weight is 269 g/mol. The van der Waals surface area contributed by atoms with E-state index in [0.717, 1.165) is 0 Å².